The van der Waals surface area contributed by atoms with E-state index in [0.29, 0.717) is 13.0 Å². The second kappa shape index (κ2) is 5.87. The highest BCUT2D eigenvalue weighted by atomic mass is 16.3. The van der Waals surface area contributed by atoms with E-state index in [1.54, 1.807) is 12.1 Å². The number of aliphatic hydroxyl groups is 1. The van der Waals surface area contributed by atoms with Crippen LogP contribution in [0.2, 0.25) is 0 Å². The van der Waals surface area contributed by atoms with Gasteiger partial charge in [0.15, 0.2) is 0 Å². The molecule has 0 heterocycles. The fraction of sp³-hybridized carbons (Fsp3) is 0.538. The predicted octanol–water partition coefficient (Wildman–Crippen LogP) is 1.69. The lowest BCUT2D eigenvalue weighted by atomic mass is 9.96. The first-order chi connectivity index (χ1) is 7.53. The van der Waals surface area contributed by atoms with Crippen molar-refractivity contribution < 1.29 is 10.2 Å². The van der Waals surface area contributed by atoms with Crippen LogP contribution in [0.4, 0.5) is 0 Å². The minimum absolute atomic E-state index is 0.257. The third-order valence-corrected chi connectivity index (χ3v) is 2.45. The largest absolute Gasteiger partial charge is 0.508 e. The van der Waals surface area contributed by atoms with Gasteiger partial charge in [-0.05, 0) is 37.6 Å². The van der Waals surface area contributed by atoms with Crippen LogP contribution in [0.1, 0.15) is 25.8 Å². The highest BCUT2D eigenvalue weighted by Crippen LogP contribution is 2.15. The summed E-state index contributed by atoms with van der Waals surface area (Å²) in [6, 6.07) is 6.96. The molecule has 0 bridgehead atoms. The number of hydrogen-bond acceptors (Lipinski definition) is 3. The highest BCUT2D eigenvalue weighted by molar-refractivity contribution is 5.26. The maximum Gasteiger partial charge on any atom is 0.115 e. The van der Waals surface area contributed by atoms with E-state index in [1.165, 1.54) is 0 Å². The quantitative estimate of drug-likeness (QED) is 0.643. The van der Waals surface area contributed by atoms with Gasteiger partial charge in [-0.3, -0.25) is 0 Å². The van der Waals surface area contributed by atoms with Crippen LogP contribution in [-0.4, -0.2) is 28.9 Å². The molecule has 0 spiro atoms. The summed E-state index contributed by atoms with van der Waals surface area (Å²) < 4.78 is 0. The molecule has 3 nitrogen and oxygen atoms in total. The van der Waals surface area contributed by atoms with Gasteiger partial charge in [-0.2, -0.15) is 0 Å². The molecular formula is C13H21NO2. The standard InChI is InChI=1S/C13H21NO2/c1-3-8-14-10-13(2,16)9-11-4-6-12(15)7-5-11/h4-7,14-16H,3,8-10H2,1-2H3. The fourth-order valence-corrected chi connectivity index (χ4v) is 1.65. The minimum Gasteiger partial charge on any atom is -0.508 e. The number of phenolic OH excluding ortho intramolecular Hbond substituents is 1. The molecule has 1 aromatic rings. The SMILES string of the molecule is CCCNCC(C)(O)Cc1ccc(O)cc1. The second-order valence-electron chi connectivity index (χ2n) is 4.52. The zero-order valence-corrected chi connectivity index (χ0v) is 10.0. The normalized spacial score (nSPS) is 14.7. The Balaban J connectivity index is 2.48. The zero-order chi connectivity index (χ0) is 12.0. The summed E-state index contributed by atoms with van der Waals surface area (Å²) in [5.41, 5.74) is 0.285. The summed E-state index contributed by atoms with van der Waals surface area (Å²) in [5, 5.41) is 22.5. The first-order valence-corrected chi connectivity index (χ1v) is 5.74. The number of rotatable bonds is 6. The van der Waals surface area contributed by atoms with Crippen LogP contribution in [0.3, 0.4) is 0 Å². The second-order valence-corrected chi connectivity index (χ2v) is 4.52. The Labute approximate surface area is 97.1 Å². The molecule has 0 radical (unpaired) electrons. The lowest BCUT2D eigenvalue weighted by Gasteiger charge is -2.23. The van der Waals surface area contributed by atoms with Crippen LogP contribution >= 0.6 is 0 Å². The number of aromatic hydroxyl groups is 1. The van der Waals surface area contributed by atoms with Crippen LogP contribution in [0.5, 0.6) is 5.75 Å². The Bertz CT molecular complexity index is 306. The van der Waals surface area contributed by atoms with Crippen molar-refractivity contribution in [1.82, 2.24) is 5.32 Å². The molecule has 1 atom stereocenters. The first-order valence-electron chi connectivity index (χ1n) is 5.74. The Morgan fingerprint density at radius 1 is 1.25 bits per heavy atom. The molecule has 3 heteroatoms. The molecule has 0 aliphatic heterocycles. The van der Waals surface area contributed by atoms with Crippen molar-refractivity contribution in [2.24, 2.45) is 0 Å². The molecule has 1 rings (SSSR count). The van der Waals surface area contributed by atoms with Crippen LogP contribution in [0.25, 0.3) is 0 Å². The fourth-order valence-electron chi connectivity index (χ4n) is 1.65. The molecule has 0 amide bonds. The maximum absolute atomic E-state index is 10.1. The molecule has 16 heavy (non-hydrogen) atoms. The van der Waals surface area contributed by atoms with Crippen LogP contribution in [0, 0.1) is 0 Å². The van der Waals surface area contributed by atoms with E-state index in [9.17, 15) is 5.11 Å². The maximum atomic E-state index is 10.1. The molecule has 0 aromatic heterocycles. The van der Waals surface area contributed by atoms with Gasteiger partial charge in [-0.25, -0.2) is 0 Å². The van der Waals surface area contributed by atoms with Gasteiger partial charge in [0.05, 0.1) is 5.60 Å². The van der Waals surface area contributed by atoms with Crippen molar-refractivity contribution in [2.45, 2.75) is 32.3 Å². The molecule has 1 aromatic carbocycles. The lowest BCUT2D eigenvalue weighted by molar-refractivity contribution is 0.0603. The van der Waals surface area contributed by atoms with Crippen molar-refractivity contribution >= 4 is 0 Å². The first kappa shape index (κ1) is 13.0. The minimum atomic E-state index is -0.744. The third kappa shape index (κ3) is 4.64. The van der Waals surface area contributed by atoms with Crippen molar-refractivity contribution in [2.75, 3.05) is 13.1 Å². The topological polar surface area (TPSA) is 52.5 Å². The van der Waals surface area contributed by atoms with Gasteiger partial charge in [0.1, 0.15) is 5.75 Å². The molecule has 0 aliphatic rings. The van der Waals surface area contributed by atoms with E-state index in [1.807, 2.05) is 19.1 Å². The Morgan fingerprint density at radius 2 is 1.88 bits per heavy atom. The van der Waals surface area contributed by atoms with Crippen molar-refractivity contribution in [1.29, 1.82) is 0 Å². The molecule has 0 aliphatic carbocycles. The summed E-state index contributed by atoms with van der Waals surface area (Å²) in [6.45, 7) is 5.43. The smallest absolute Gasteiger partial charge is 0.115 e. The number of benzene rings is 1. The summed E-state index contributed by atoms with van der Waals surface area (Å²) in [5.74, 6) is 0.257. The molecular weight excluding hydrogens is 202 g/mol. The van der Waals surface area contributed by atoms with Crippen LogP contribution in [-0.2, 0) is 6.42 Å². The van der Waals surface area contributed by atoms with Crippen LogP contribution in [0.15, 0.2) is 24.3 Å². The van der Waals surface area contributed by atoms with Gasteiger partial charge in [0.25, 0.3) is 0 Å². The molecule has 0 saturated carbocycles. The van der Waals surface area contributed by atoms with Crippen LogP contribution < -0.4 is 5.32 Å². The summed E-state index contributed by atoms with van der Waals surface area (Å²) in [6.07, 6.45) is 1.65. The Kier molecular flexibility index (Phi) is 4.77. The number of nitrogens with one attached hydrogen (secondary N) is 1. The Hall–Kier alpha value is -1.06. The van der Waals surface area contributed by atoms with E-state index < -0.39 is 5.60 Å². The summed E-state index contributed by atoms with van der Waals surface area (Å²) in [4.78, 5) is 0. The van der Waals surface area contributed by atoms with Crippen molar-refractivity contribution in [3.8, 4) is 5.75 Å². The average Bonchev–Trinajstić information content (AvgIpc) is 2.21. The molecule has 90 valence electrons. The van der Waals surface area contributed by atoms with E-state index in [4.69, 9.17) is 5.11 Å². The van der Waals surface area contributed by atoms with Gasteiger partial charge in [0.2, 0.25) is 0 Å². The average molecular weight is 223 g/mol. The van der Waals surface area contributed by atoms with Crippen molar-refractivity contribution in [3.05, 3.63) is 29.8 Å². The van der Waals surface area contributed by atoms with E-state index >= 15 is 0 Å². The van der Waals surface area contributed by atoms with Gasteiger partial charge >= 0.3 is 0 Å². The predicted molar refractivity (Wildman–Crippen MR) is 65.6 cm³/mol. The van der Waals surface area contributed by atoms with Crippen molar-refractivity contribution in [3.63, 3.8) is 0 Å². The number of hydrogen-bond donors (Lipinski definition) is 3. The van der Waals surface area contributed by atoms with Gasteiger partial charge < -0.3 is 15.5 Å². The number of phenols is 1. The summed E-state index contributed by atoms with van der Waals surface area (Å²) in [7, 11) is 0. The molecule has 1 unspecified atom stereocenters. The Morgan fingerprint density at radius 3 is 2.44 bits per heavy atom. The van der Waals surface area contributed by atoms with Gasteiger partial charge in [-0.1, -0.05) is 19.1 Å². The van der Waals surface area contributed by atoms with E-state index in [0.717, 1.165) is 18.5 Å². The molecule has 0 fully saturated rings. The summed E-state index contributed by atoms with van der Waals surface area (Å²) >= 11 is 0. The highest BCUT2D eigenvalue weighted by Gasteiger charge is 2.20. The zero-order valence-electron chi connectivity index (χ0n) is 10.0. The third-order valence-electron chi connectivity index (χ3n) is 2.45. The molecule has 0 saturated heterocycles. The van der Waals surface area contributed by atoms with E-state index in [-0.39, 0.29) is 5.75 Å². The monoisotopic (exact) mass is 223 g/mol. The molecule has 3 N–H and O–H groups in total. The van der Waals surface area contributed by atoms with E-state index in [2.05, 4.69) is 12.2 Å². The lowest BCUT2D eigenvalue weighted by Crippen LogP contribution is -2.39. The van der Waals surface area contributed by atoms with Gasteiger partial charge in [-0.15, -0.1) is 0 Å². The van der Waals surface area contributed by atoms with Gasteiger partial charge in [0, 0.05) is 13.0 Å².